The molecule has 2 fully saturated rings. The number of sulfonamides is 1. The summed E-state index contributed by atoms with van der Waals surface area (Å²) in [5, 5.41) is 9.57. The lowest BCUT2D eigenvalue weighted by Crippen LogP contribution is -2.58. The zero-order valence-electron chi connectivity index (χ0n) is 25.3. The van der Waals surface area contributed by atoms with E-state index in [0.717, 1.165) is 42.5 Å². The number of hydrogen-bond acceptors (Lipinski definition) is 5. The van der Waals surface area contributed by atoms with Gasteiger partial charge in [0.1, 0.15) is 6.04 Å². The van der Waals surface area contributed by atoms with Gasteiger partial charge < -0.3 is 16.0 Å². The summed E-state index contributed by atoms with van der Waals surface area (Å²) in [6.07, 6.45) is 7.60. The topological polar surface area (TPSA) is 108 Å². The largest absolute Gasteiger partial charge is 0.353 e. The number of nitrogens with one attached hydrogen (secondary N) is 3. The number of fused-ring (bicyclic) bond motifs is 1. The monoisotopic (exact) mass is 614 g/mol. The van der Waals surface area contributed by atoms with E-state index in [1.54, 1.807) is 24.3 Å². The minimum Gasteiger partial charge on any atom is -0.353 e. The van der Waals surface area contributed by atoms with Gasteiger partial charge in [0.05, 0.1) is 17.4 Å². The van der Waals surface area contributed by atoms with Crippen molar-refractivity contribution in [1.82, 2.24) is 20.3 Å². The third-order valence-electron chi connectivity index (χ3n) is 9.29. The summed E-state index contributed by atoms with van der Waals surface area (Å²) >= 11 is 0. The highest BCUT2D eigenvalue weighted by molar-refractivity contribution is 7.89. The van der Waals surface area contributed by atoms with Gasteiger partial charge in [0, 0.05) is 25.7 Å². The first-order valence-corrected chi connectivity index (χ1v) is 17.3. The van der Waals surface area contributed by atoms with Crippen LogP contribution in [-0.4, -0.2) is 49.7 Å². The Morgan fingerprint density at radius 2 is 1.73 bits per heavy atom. The molecule has 1 saturated heterocycles. The molecule has 2 aliphatic carbocycles. The Balaban J connectivity index is 1.14. The average Bonchev–Trinajstić information content (AvgIpc) is 3.55. The maximum absolute atomic E-state index is 13.5. The fraction of sp³-hybridized carbons (Fsp3) is 0.429. The third kappa shape index (κ3) is 6.75. The smallest absolute Gasteiger partial charge is 0.243 e. The van der Waals surface area contributed by atoms with Gasteiger partial charge in [-0.05, 0) is 85.0 Å². The molecule has 2 amide bonds. The van der Waals surface area contributed by atoms with E-state index in [9.17, 15) is 18.0 Å². The van der Waals surface area contributed by atoms with Crippen LogP contribution >= 0.6 is 0 Å². The van der Waals surface area contributed by atoms with Gasteiger partial charge in [-0.2, -0.15) is 4.31 Å². The second kappa shape index (κ2) is 13.2. The zero-order chi connectivity index (χ0) is 30.7. The van der Waals surface area contributed by atoms with E-state index in [1.165, 1.54) is 46.7 Å². The van der Waals surface area contributed by atoms with E-state index in [2.05, 4.69) is 58.4 Å². The van der Waals surface area contributed by atoms with Crippen molar-refractivity contribution in [2.45, 2.75) is 87.9 Å². The first-order chi connectivity index (χ1) is 21.3. The van der Waals surface area contributed by atoms with Crippen LogP contribution in [0.4, 0.5) is 0 Å². The first kappa shape index (κ1) is 30.5. The molecule has 3 aromatic carbocycles. The number of hydrogen-bond donors (Lipinski definition) is 3. The molecular formula is C35H42N4O4S. The molecule has 1 saturated carbocycles. The number of carbonyl (C=O) groups is 2. The van der Waals surface area contributed by atoms with Crippen LogP contribution in [0.15, 0.2) is 71.6 Å². The van der Waals surface area contributed by atoms with Crippen molar-refractivity contribution in [1.29, 1.82) is 0 Å². The molecule has 0 unspecified atom stereocenters. The van der Waals surface area contributed by atoms with Crippen LogP contribution in [0.25, 0.3) is 11.1 Å². The van der Waals surface area contributed by atoms with Gasteiger partial charge in [-0.15, -0.1) is 0 Å². The summed E-state index contributed by atoms with van der Waals surface area (Å²) < 4.78 is 28.1. The van der Waals surface area contributed by atoms with Gasteiger partial charge in [0.25, 0.3) is 0 Å². The maximum atomic E-state index is 13.5. The average molecular weight is 615 g/mol. The maximum Gasteiger partial charge on any atom is 0.243 e. The zero-order valence-corrected chi connectivity index (χ0v) is 26.2. The third-order valence-corrected chi connectivity index (χ3v) is 11.2. The molecule has 3 aliphatic rings. The quantitative estimate of drug-likeness (QED) is 0.322. The van der Waals surface area contributed by atoms with Gasteiger partial charge >= 0.3 is 0 Å². The second-order valence-corrected chi connectivity index (χ2v) is 14.3. The number of rotatable bonds is 9. The molecule has 1 aliphatic heterocycles. The second-order valence-electron chi connectivity index (χ2n) is 12.4. The van der Waals surface area contributed by atoms with E-state index in [-0.39, 0.29) is 36.4 Å². The Labute approximate surface area is 260 Å². The summed E-state index contributed by atoms with van der Waals surface area (Å²) in [6.45, 7) is 3.09. The SMILES string of the molecule is Cc1ccc(S(=O)(=O)N2CCNC(=O)[C@H]2CC(=O)N[C@@H]2CCCc3cc(-c4cccc(CNC5CCCC5)c4)ccc32)cc1. The molecule has 3 aromatic rings. The lowest BCUT2D eigenvalue weighted by molar-refractivity contribution is -0.132. The number of nitrogens with zero attached hydrogens (tertiary/aromatic N) is 1. The van der Waals surface area contributed by atoms with Gasteiger partial charge in [-0.25, -0.2) is 8.42 Å². The van der Waals surface area contributed by atoms with Crippen LogP contribution in [0.5, 0.6) is 0 Å². The van der Waals surface area contributed by atoms with E-state index < -0.39 is 22.0 Å². The van der Waals surface area contributed by atoms with Crippen molar-refractivity contribution in [2.24, 2.45) is 0 Å². The van der Waals surface area contributed by atoms with Gasteiger partial charge in [-0.1, -0.05) is 66.9 Å². The molecule has 9 heteroatoms. The first-order valence-electron chi connectivity index (χ1n) is 15.9. The van der Waals surface area contributed by atoms with Crippen LogP contribution in [0.3, 0.4) is 0 Å². The van der Waals surface area contributed by atoms with Crippen molar-refractivity contribution in [2.75, 3.05) is 13.1 Å². The molecule has 232 valence electrons. The van der Waals surface area contributed by atoms with Gasteiger partial charge in [0.2, 0.25) is 21.8 Å². The van der Waals surface area contributed by atoms with Crippen molar-refractivity contribution in [3.05, 3.63) is 89.0 Å². The van der Waals surface area contributed by atoms with E-state index in [1.807, 2.05) is 6.92 Å². The summed E-state index contributed by atoms with van der Waals surface area (Å²) in [6, 6.07) is 21.1. The molecule has 0 aromatic heterocycles. The van der Waals surface area contributed by atoms with Crippen molar-refractivity contribution < 1.29 is 18.0 Å². The Morgan fingerprint density at radius 1 is 0.955 bits per heavy atom. The predicted octanol–water partition coefficient (Wildman–Crippen LogP) is 4.77. The molecule has 6 rings (SSSR count). The van der Waals surface area contributed by atoms with E-state index in [0.29, 0.717) is 6.04 Å². The van der Waals surface area contributed by atoms with Crippen LogP contribution in [0.2, 0.25) is 0 Å². The van der Waals surface area contributed by atoms with E-state index >= 15 is 0 Å². The lowest BCUT2D eigenvalue weighted by Gasteiger charge is -2.34. The van der Waals surface area contributed by atoms with Crippen molar-refractivity contribution >= 4 is 21.8 Å². The van der Waals surface area contributed by atoms with Crippen LogP contribution in [0, 0.1) is 6.92 Å². The standard InChI is InChI=1S/C35H42N4O4S/c1-24-12-15-30(16-13-24)44(42,43)39-19-18-36-35(41)33(39)22-34(40)38-32-11-5-8-28-21-27(14-17-31(28)32)26-7-4-6-25(20-26)23-37-29-9-2-3-10-29/h4,6-7,12-17,20-21,29,32-33,37H,2-3,5,8-11,18-19,22-23H2,1H3,(H,36,41)(H,38,40)/t32-,33-/m1/s1. The molecule has 1 heterocycles. The summed E-state index contributed by atoms with van der Waals surface area (Å²) in [5.41, 5.74) is 6.87. The number of benzene rings is 3. The molecule has 0 bridgehead atoms. The number of carbonyl (C=O) groups excluding carboxylic acids is 2. The molecule has 8 nitrogen and oxygen atoms in total. The molecule has 44 heavy (non-hydrogen) atoms. The fourth-order valence-corrected chi connectivity index (χ4v) is 8.43. The number of piperazine rings is 1. The Hall–Kier alpha value is -3.53. The Kier molecular flexibility index (Phi) is 9.16. The Morgan fingerprint density at radius 3 is 2.52 bits per heavy atom. The molecular weight excluding hydrogens is 572 g/mol. The Bertz CT molecular complexity index is 1620. The van der Waals surface area contributed by atoms with Crippen LogP contribution < -0.4 is 16.0 Å². The predicted molar refractivity (Wildman–Crippen MR) is 171 cm³/mol. The molecule has 3 N–H and O–H groups in total. The minimum absolute atomic E-state index is 0.118. The minimum atomic E-state index is -3.94. The lowest BCUT2D eigenvalue weighted by atomic mass is 9.85. The number of amides is 2. The number of aryl methyl sites for hydroxylation is 2. The van der Waals surface area contributed by atoms with Gasteiger partial charge in [-0.3, -0.25) is 9.59 Å². The van der Waals surface area contributed by atoms with Gasteiger partial charge in [0.15, 0.2) is 0 Å². The highest BCUT2D eigenvalue weighted by Crippen LogP contribution is 2.34. The molecule has 0 spiro atoms. The highest BCUT2D eigenvalue weighted by atomic mass is 32.2. The van der Waals surface area contributed by atoms with Crippen molar-refractivity contribution in [3.63, 3.8) is 0 Å². The fourth-order valence-electron chi connectivity index (χ4n) is 6.85. The summed E-state index contributed by atoms with van der Waals surface area (Å²) in [5.74, 6) is -0.781. The van der Waals surface area contributed by atoms with Crippen molar-refractivity contribution in [3.8, 4) is 11.1 Å². The van der Waals surface area contributed by atoms with E-state index in [4.69, 9.17) is 0 Å². The molecule has 2 atom stereocenters. The van der Waals surface area contributed by atoms with Crippen LogP contribution in [-0.2, 0) is 32.6 Å². The normalized spacial score (nSPS) is 21.1. The van der Waals surface area contributed by atoms with Crippen LogP contribution in [0.1, 0.15) is 73.2 Å². The summed E-state index contributed by atoms with van der Waals surface area (Å²) in [4.78, 5) is 26.3. The molecule has 0 radical (unpaired) electrons. The highest BCUT2D eigenvalue weighted by Gasteiger charge is 2.40. The summed E-state index contributed by atoms with van der Waals surface area (Å²) in [7, 11) is -3.94.